The number of nitrogens with zero attached hydrogens (tertiary/aromatic N) is 4. The molecular weight excluding hydrogens is 280 g/mol. The Morgan fingerprint density at radius 2 is 2.24 bits per heavy atom. The van der Waals surface area contributed by atoms with E-state index in [1.807, 2.05) is 6.20 Å². The maximum Gasteiger partial charge on any atom is 0.146 e. The fraction of sp³-hybridized carbons (Fsp3) is 0.667. The number of hydrogen-bond acceptors (Lipinski definition) is 4. The van der Waals surface area contributed by atoms with Crippen LogP contribution in [0.5, 0.6) is 0 Å². The lowest BCUT2D eigenvalue weighted by Crippen LogP contribution is -2.37. The van der Waals surface area contributed by atoms with Crippen LogP contribution in [0.2, 0.25) is 0 Å². The second-order valence-electron chi connectivity index (χ2n) is 4.30. The van der Waals surface area contributed by atoms with Crippen molar-refractivity contribution in [3.63, 3.8) is 0 Å². The normalized spacial score (nSPS) is 20.2. The number of rotatable bonds is 4. The summed E-state index contributed by atoms with van der Waals surface area (Å²) in [6.45, 7) is 8.85. The summed E-state index contributed by atoms with van der Waals surface area (Å²) in [5, 5.41) is 0. The zero-order chi connectivity index (χ0) is 12.3. The standard InChI is InChI=1S/C12H19BrN4/c1-3-16(4-2)10-5-6-17(8-10)12-11(13)7-14-9-15-12/h7,9-10H,3-6,8H2,1-2H3. The third-order valence-electron chi connectivity index (χ3n) is 3.44. The molecule has 2 heterocycles. The van der Waals surface area contributed by atoms with Gasteiger partial charge in [-0.15, -0.1) is 0 Å². The molecule has 1 saturated heterocycles. The molecule has 5 heteroatoms. The van der Waals surface area contributed by atoms with Crippen LogP contribution in [-0.4, -0.2) is 47.1 Å². The van der Waals surface area contributed by atoms with Crippen molar-refractivity contribution in [3.05, 3.63) is 17.0 Å². The first-order valence-electron chi connectivity index (χ1n) is 6.20. The molecule has 2 rings (SSSR count). The van der Waals surface area contributed by atoms with E-state index in [0.29, 0.717) is 6.04 Å². The van der Waals surface area contributed by atoms with E-state index in [1.165, 1.54) is 6.42 Å². The van der Waals surface area contributed by atoms with E-state index in [0.717, 1.165) is 36.5 Å². The highest BCUT2D eigenvalue weighted by atomic mass is 79.9. The average molecular weight is 299 g/mol. The average Bonchev–Trinajstić information content (AvgIpc) is 2.81. The third-order valence-corrected chi connectivity index (χ3v) is 4.00. The lowest BCUT2D eigenvalue weighted by atomic mass is 10.2. The summed E-state index contributed by atoms with van der Waals surface area (Å²) in [5.74, 6) is 1.02. The molecule has 17 heavy (non-hydrogen) atoms. The molecule has 0 aliphatic carbocycles. The summed E-state index contributed by atoms with van der Waals surface area (Å²) in [7, 11) is 0. The monoisotopic (exact) mass is 298 g/mol. The quantitative estimate of drug-likeness (QED) is 0.853. The van der Waals surface area contributed by atoms with Crippen LogP contribution in [0.4, 0.5) is 5.82 Å². The maximum absolute atomic E-state index is 4.36. The van der Waals surface area contributed by atoms with Gasteiger partial charge in [0, 0.05) is 25.3 Å². The van der Waals surface area contributed by atoms with Gasteiger partial charge in [0.15, 0.2) is 0 Å². The first-order valence-corrected chi connectivity index (χ1v) is 7.00. The minimum absolute atomic E-state index is 0.659. The number of anilines is 1. The predicted molar refractivity (Wildman–Crippen MR) is 73.3 cm³/mol. The third kappa shape index (κ3) is 2.77. The summed E-state index contributed by atoms with van der Waals surface area (Å²) >= 11 is 3.52. The van der Waals surface area contributed by atoms with Crippen LogP contribution < -0.4 is 4.90 Å². The van der Waals surface area contributed by atoms with Gasteiger partial charge in [0.1, 0.15) is 12.1 Å². The zero-order valence-corrected chi connectivity index (χ0v) is 12.0. The second-order valence-corrected chi connectivity index (χ2v) is 5.16. The maximum atomic E-state index is 4.36. The SMILES string of the molecule is CCN(CC)C1CCN(c2ncncc2Br)C1. The molecule has 94 valence electrons. The first-order chi connectivity index (χ1) is 8.26. The molecule has 0 aromatic carbocycles. The van der Waals surface area contributed by atoms with Crippen LogP contribution in [0.3, 0.4) is 0 Å². The molecule has 0 saturated carbocycles. The molecule has 4 nitrogen and oxygen atoms in total. The highest BCUT2D eigenvalue weighted by molar-refractivity contribution is 9.10. The van der Waals surface area contributed by atoms with Gasteiger partial charge >= 0.3 is 0 Å². The predicted octanol–water partition coefficient (Wildman–Crippen LogP) is 2.16. The van der Waals surface area contributed by atoms with Crippen LogP contribution in [-0.2, 0) is 0 Å². The summed E-state index contributed by atoms with van der Waals surface area (Å²) in [6, 6.07) is 0.659. The summed E-state index contributed by atoms with van der Waals surface area (Å²) in [5.41, 5.74) is 0. The Bertz CT molecular complexity index is 367. The summed E-state index contributed by atoms with van der Waals surface area (Å²) in [4.78, 5) is 13.2. The Labute approximate surface area is 111 Å². The number of hydrogen-bond donors (Lipinski definition) is 0. The van der Waals surface area contributed by atoms with Crippen LogP contribution in [0, 0.1) is 0 Å². The Morgan fingerprint density at radius 3 is 2.88 bits per heavy atom. The van der Waals surface area contributed by atoms with Gasteiger partial charge in [-0.1, -0.05) is 13.8 Å². The van der Waals surface area contributed by atoms with Crippen molar-refractivity contribution >= 4 is 21.7 Å². The van der Waals surface area contributed by atoms with Crippen LogP contribution >= 0.6 is 15.9 Å². The molecule has 0 N–H and O–H groups in total. The first kappa shape index (κ1) is 12.8. The molecule has 1 atom stereocenters. The summed E-state index contributed by atoms with van der Waals surface area (Å²) < 4.78 is 0.986. The molecule has 1 unspecified atom stereocenters. The number of aromatic nitrogens is 2. The fourth-order valence-corrected chi connectivity index (χ4v) is 2.98. The molecule has 0 amide bonds. The Balaban J connectivity index is 2.05. The highest BCUT2D eigenvalue weighted by Crippen LogP contribution is 2.26. The van der Waals surface area contributed by atoms with Crippen molar-refractivity contribution in [1.82, 2.24) is 14.9 Å². The topological polar surface area (TPSA) is 32.3 Å². The lowest BCUT2D eigenvalue weighted by Gasteiger charge is -2.26. The van der Waals surface area contributed by atoms with E-state index >= 15 is 0 Å². The molecular formula is C12H19BrN4. The van der Waals surface area contributed by atoms with E-state index in [-0.39, 0.29) is 0 Å². The van der Waals surface area contributed by atoms with E-state index in [9.17, 15) is 0 Å². The van der Waals surface area contributed by atoms with Gasteiger partial charge in [0.25, 0.3) is 0 Å². The van der Waals surface area contributed by atoms with Crippen LogP contribution in [0.15, 0.2) is 17.0 Å². The smallest absolute Gasteiger partial charge is 0.146 e. The van der Waals surface area contributed by atoms with Gasteiger partial charge in [-0.3, -0.25) is 4.90 Å². The Morgan fingerprint density at radius 1 is 1.47 bits per heavy atom. The van der Waals surface area contributed by atoms with Crippen molar-refractivity contribution in [2.24, 2.45) is 0 Å². The molecule has 1 aromatic rings. The second kappa shape index (κ2) is 5.78. The molecule has 0 bridgehead atoms. The molecule has 0 radical (unpaired) electrons. The van der Waals surface area contributed by atoms with Gasteiger partial charge in [0.2, 0.25) is 0 Å². The van der Waals surface area contributed by atoms with Gasteiger partial charge < -0.3 is 4.90 Å². The van der Waals surface area contributed by atoms with Crippen molar-refractivity contribution in [2.45, 2.75) is 26.3 Å². The van der Waals surface area contributed by atoms with Gasteiger partial charge in [-0.2, -0.15) is 0 Å². The largest absolute Gasteiger partial charge is 0.354 e. The number of likely N-dealkylation sites (N-methyl/N-ethyl adjacent to an activating group) is 1. The molecule has 0 spiro atoms. The van der Waals surface area contributed by atoms with E-state index in [2.05, 4.69) is 49.5 Å². The Kier molecular flexibility index (Phi) is 4.34. The zero-order valence-electron chi connectivity index (χ0n) is 10.4. The number of halogens is 1. The van der Waals surface area contributed by atoms with Gasteiger partial charge in [0.05, 0.1) is 4.47 Å². The van der Waals surface area contributed by atoms with Crippen LogP contribution in [0.1, 0.15) is 20.3 Å². The fourth-order valence-electron chi connectivity index (χ4n) is 2.51. The van der Waals surface area contributed by atoms with Crippen molar-refractivity contribution in [2.75, 3.05) is 31.1 Å². The lowest BCUT2D eigenvalue weighted by molar-refractivity contribution is 0.232. The van der Waals surface area contributed by atoms with Crippen molar-refractivity contribution in [1.29, 1.82) is 0 Å². The van der Waals surface area contributed by atoms with Gasteiger partial charge in [-0.25, -0.2) is 9.97 Å². The van der Waals surface area contributed by atoms with E-state index in [1.54, 1.807) is 6.33 Å². The highest BCUT2D eigenvalue weighted by Gasteiger charge is 2.27. The van der Waals surface area contributed by atoms with E-state index < -0.39 is 0 Å². The van der Waals surface area contributed by atoms with Crippen molar-refractivity contribution < 1.29 is 0 Å². The van der Waals surface area contributed by atoms with Crippen LogP contribution in [0.25, 0.3) is 0 Å². The van der Waals surface area contributed by atoms with Crippen molar-refractivity contribution in [3.8, 4) is 0 Å². The minimum Gasteiger partial charge on any atom is -0.354 e. The van der Waals surface area contributed by atoms with Gasteiger partial charge in [-0.05, 0) is 35.4 Å². The minimum atomic E-state index is 0.659. The molecule has 1 fully saturated rings. The summed E-state index contributed by atoms with van der Waals surface area (Å²) in [6.07, 6.45) is 4.65. The molecule has 1 aliphatic heterocycles. The molecule has 1 aliphatic rings. The molecule has 1 aromatic heterocycles. The Hall–Kier alpha value is -0.680. The van der Waals surface area contributed by atoms with E-state index in [4.69, 9.17) is 0 Å².